The van der Waals surface area contributed by atoms with E-state index in [9.17, 15) is 8.78 Å². The predicted octanol–water partition coefficient (Wildman–Crippen LogP) is 3.98. The smallest absolute Gasteiger partial charge is 0.131 e. The van der Waals surface area contributed by atoms with Gasteiger partial charge in [0.1, 0.15) is 17.4 Å². The summed E-state index contributed by atoms with van der Waals surface area (Å²) in [6.45, 7) is 4.30. The van der Waals surface area contributed by atoms with Gasteiger partial charge in [-0.2, -0.15) is 0 Å². The first-order chi connectivity index (χ1) is 10.1. The normalized spacial score (nSPS) is 12.2. The monoisotopic (exact) mass is 291 g/mol. The average molecular weight is 291 g/mol. The maximum absolute atomic E-state index is 14.1. The van der Waals surface area contributed by atoms with Gasteiger partial charge in [0.25, 0.3) is 0 Å². The van der Waals surface area contributed by atoms with Crippen molar-refractivity contribution in [3.63, 3.8) is 0 Å². The zero-order chi connectivity index (χ0) is 15.4. The minimum Gasteiger partial charge on any atom is -0.494 e. The van der Waals surface area contributed by atoms with Crippen molar-refractivity contribution < 1.29 is 13.5 Å². The van der Waals surface area contributed by atoms with E-state index in [1.807, 2.05) is 32.0 Å². The van der Waals surface area contributed by atoms with Crippen molar-refractivity contribution in [2.75, 3.05) is 13.7 Å². The summed E-state index contributed by atoms with van der Waals surface area (Å²) in [7, 11) is 1.68. The minimum atomic E-state index is -0.604. The van der Waals surface area contributed by atoms with Crippen LogP contribution in [-0.2, 0) is 0 Å². The predicted molar refractivity (Wildman–Crippen MR) is 79.6 cm³/mol. The molecule has 0 saturated carbocycles. The summed E-state index contributed by atoms with van der Waals surface area (Å²) in [5, 5.41) is 2.98. The third-order valence-electron chi connectivity index (χ3n) is 3.35. The van der Waals surface area contributed by atoms with E-state index in [0.29, 0.717) is 12.4 Å². The molecule has 0 saturated heterocycles. The van der Waals surface area contributed by atoms with Crippen LogP contribution in [0.5, 0.6) is 5.75 Å². The van der Waals surface area contributed by atoms with E-state index in [1.165, 1.54) is 18.2 Å². The number of rotatable bonds is 5. The van der Waals surface area contributed by atoms with E-state index in [2.05, 4.69) is 5.32 Å². The van der Waals surface area contributed by atoms with Gasteiger partial charge in [-0.15, -0.1) is 0 Å². The van der Waals surface area contributed by atoms with Gasteiger partial charge in [0.05, 0.1) is 12.6 Å². The molecule has 112 valence electrons. The topological polar surface area (TPSA) is 21.3 Å². The Labute approximate surface area is 123 Å². The second-order valence-electron chi connectivity index (χ2n) is 4.83. The number of nitrogens with one attached hydrogen (secondary N) is 1. The van der Waals surface area contributed by atoms with Crippen molar-refractivity contribution in [2.24, 2.45) is 0 Å². The SMILES string of the molecule is CCOc1ccc(C)cc1C(NC)c1c(F)cccc1F. The van der Waals surface area contributed by atoms with Crippen LogP contribution < -0.4 is 10.1 Å². The van der Waals surface area contributed by atoms with Crippen molar-refractivity contribution in [3.8, 4) is 5.75 Å². The zero-order valence-corrected chi connectivity index (χ0v) is 12.4. The number of benzene rings is 2. The lowest BCUT2D eigenvalue weighted by atomic mass is 9.95. The molecule has 1 atom stereocenters. The lowest BCUT2D eigenvalue weighted by Crippen LogP contribution is -2.21. The first kappa shape index (κ1) is 15.4. The Kier molecular flexibility index (Phi) is 4.91. The second-order valence-corrected chi connectivity index (χ2v) is 4.83. The first-order valence-electron chi connectivity index (χ1n) is 6.93. The summed E-state index contributed by atoms with van der Waals surface area (Å²) >= 11 is 0. The molecule has 0 radical (unpaired) electrons. The fraction of sp³-hybridized carbons (Fsp3) is 0.294. The zero-order valence-electron chi connectivity index (χ0n) is 12.4. The summed E-state index contributed by atoms with van der Waals surface area (Å²) in [4.78, 5) is 0. The summed E-state index contributed by atoms with van der Waals surface area (Å²) in [6.07, 6.45) is 0. The van der Waals surface area contributed by atoms with Crippen LogP contribution in [0, 0.1) is 18.6 Å². The summed E-state index contributed by atoms with van der Waals surface area (Å²) in [5.74, 6) is -0.512. The number of ether oxygens (including phenoxy) is 1. The molecule has 2 aromatic carbocycles. The van der Waals surface area contributed by atoms with Crippen LogP contribution in [0.3, 0.4) is 0 Å². The molecular formula is C17H19F2NO. The van der Waals surface area contributed by atoms with E-state index in [4.69, 9.17) is 4.74 Å². The maximum atomic E-state index is 14.1. The molecule has 0 aliphatic heterocycles. The van der Waals surface area contributed by atoms with Gasteiger partial charge in [-0.25, -0.2) is 8.78 Å². The van der Waals surface area contributed by atoms with Crippen LogP contribution in [0.2, 0.25) is 0 Å². The lowest BCUT2D eigenvalue weighted by Gasteiger charge is -2.22. The van der Waals surface area contributed by atoms with E-state index in [-0.39, 0.29) is 5.56 Å². The molecular weight excluding hydrogens is 272 g/mol. The van der Waals surface area contributed by atoms with E-state index in [0.717, 1.165) is 11.1 Å². The van der Waals surface area contributed by atoms with Gasteiger partial charge in [0.15, 0.2) is 0 Å². The van der Waals surface area contributed by atoms with Gasteiger partial charge >= 0.3 is 0 Å². The van der Waals surface area contributed by atoms with Gasteiger partial charge in [0.2, 0.25) is 0 Å². The number of hydrogen-bond donors (Lipinski definition) is 1. The van der Waals surface area contributed by atoms with Crippen LogP contribution >= 0.6 is 0 Å². The molecule has 2 rings (SSSR count). The molecule has 0 amide bonds. The largest absolute Gasteiger partial charge is 0.494 e. The molecule has 0 spiro atoms. The Morgan fingerprint density at radius 2 is 1.81 bits per heavy atom. The Bertz CT molecular complexity index is 608. The fourth-order valence-electron chi connectivity index (χ4n) is 2.42. The Morgan fingerprint density at radius 3 is 2.38 bits per heavy atom. The molecule has 0 heterocycles. The molecule has 1 unspecified atom stereocenters. The highest BCUT2D eigenvalue weighted by Gasteiger charge is 2.23. The van der Waals surface area contributed by atoms with Gasteiger partial charge in [-0.05, 0) is 39.1 Å². The highest BCUT2D eigenvalue weighted by atomic mass is 19.1. The molecule has 0 aliphatic carbocycles. The quantitative estimate of drug-likeness (QED) is 0.899. The van der Waals surface area contributed by atoms with Gasteiger partial charge in [-0.3, -0.25) is 0 Å². The second kappa shape index (κ2) is 6.68. The van der Waals surface area contributed by atoms with Crippen LogP contribution in [0.25, 0.3) is 0 Å². The molecule has 4 heteroatoms. The van der Waals surface area contributed by atoms with E-state index < -0.39 is 17.7 Å². The third kappa shape index (κ3) is 3.22. The van der Waals surface area contributed by atoms with E-state index >= 15 is 0 Å². The highest BCUT2D eigenvalue weighted by molar-refractivity contribution is 5.44. The summed E-state index contributed by atoms with van der Waals surface area (Å²) < 4.78 is 33.7. The van der Waals surface area contributed by atoms with Crippen LogP contribution in [-0.4, -0.2) is 13.7 Å². The Morgan fingerprint density at radius 1 is 1.14 bits per heavy atom. The number of halogens is 2. The van der Waals surface area contributed by atoms with Crippen molar-refractivity contribution in [3.05, 3.63) is 64.7 Å². The molecule has 2 aromatic rings. The maximum Gasteiger partial charge on any atom is 0.131 e. The van der Waals surface area contributed by atoms with Crippen LogP contribution in [0.1, 0.15) is 29.7 Å². The molecule has 21 heavy (non-hydrogen) atoms. The standard InChI is InChI=1S/C17H19F2NO/c1-4-21-15-9-8-11(2)10-12(15)17(20-3)16-13(18)6-5-7-14(16)19/h5-10,17,20H,4H2,1-3H3. The minimum absolute atomic E-state index is 0.00607. The van der Waals surface area contributed by atoms with Gasteiger partial charge in [0, 0.05) is 11.1 Å². The molecule has 0 aromatic heterocycles. The van der Waals surface area contributed by atoms with Crippen molar-refractivity contribution in [2.45, 2.75) is 19.9 Å². The number of aryl methyl sites for hydroxylation is 1. The summed E-state index contributed by atoms with van der Waals surface area (Å²) in [5.41, 5.74) is 1.74. The van der Waals surface area contributed by atoms with Crippen molar-refractivity contribution in [1.29, 1.82) is 0 Å². The van der Waals surface area contributed by atoms with Crippen LogP contribution in [0.15, 0.2) is 36.4 Å². The number of hydrogen-bond acceptors (Lipinski definition) is 2. The molecule has 1 N–H and O–H groups in total. The molecule has 0 aliphatic rings. The summed E-state index contributed by atoms with van der Waals surface area (Å²) in [6, 6.07) is 8.92. The fourth-order valence-corrected chi connectivity index (χ4v) is 2.42. The Hall–Kier alpha value is -1.94. The van der Waals surface area contributed by atoms with Crippen LogP contribution in [0.4, 0.5) is 8.78 Å². The Balaban J connectivity index is 2.58. The van der Waals surface area contributed by atoms with Crippen molar-refractivity contribution >= 4 is 0 Å². The first-order valence-corrected chi connectivity index (χ1v) is 6.93. The highest BCUT2D eigenvalue weighted by Crippen LogP contribution is 2.33. The lowest BCUT2D eigenvalue weighted by molar-refractivity contribution is 0.333. The van der Waals surface area contributed by atoms with E-state index in [1.54, 1.807) is 7.05 Å². The van der Waals surface area contributed by atoms with Gasteiger partial charge < -0.3 is 10.1 Å². The third-order valence-corrected chi connectivity index (χ3v) is 3.35. The molecule has 2 nitrogen and oxygen atoms in total. The average Bonchev–Trinajstić information content (AvgIpc) is 2.45. The van der Waals surface area contributed by atoms with Gasteiger partial charge in [-0.1, -0.05) is 23.8 Å². The van der Waals surface area contributed by atoms with Crippen molar-refractivity contribution in [1.82, 2.24) is 5.32 Å². The molecule has 0 fully saturated rings. The molecule has 0 bridgehead atoms.